The van der Waals surface area contributed by atoms with Crippen molar-refractivity contribution in [2.45, 2.75) is 33.4 Å². The number of carbonyl (C=O) groups is 2. The summed E-state index contributed by atoms with van der Waals surface area (Å²) in [5.41, 5.74) is 3.33. The normalized spacial score (nSPS) is 13.4. The van der Waals surface area contributed by atoms with Crippen LogP contribution in [-0.4, -0.2) is 24.5 Å². The van der Waals surface area contributed by atoms with Gasteiger partial charge in [-0.25, -0.2) is 0 Å². The van der Waals surface area contributed by atoms with Gasteiger partial charge >= 0.3 is 0 Å². The van der Waals surface area contributed by atoms with Crippen LogP contribution in [0, 0.1) is 6.92 Å². The van der Waals surface area contributed by atoms with Gasteiger partial charge in [0.05, 0.1) is 12.2 Å². The van der Waals surface area contributed by atoms with Crippen molar-refractivity contribution in [2.24, 2.45) is 0 Å². The second kappa shape index (κ2) is 6.97. The zero-order valence-corrected chi connectivity index (χ0v) is 14.7. The lowest BCUT2D eigenvalue weighted by atomic mass is 10.1. The number of fused-ring (bicyclic) bond motifs is 1. The number of hydrogen-bond donors (Lipinski definition) is 1. The SMILES string of the molecule is Cc1ccc2c(c1)N(Cc1cccc(C(=O)NC(C)C)c1)C(=O)CO2. The Bertz CT molecular complexity index is 814. The predicted octanol–water partition coefficient (Wildman–Crippen LogP) is 3.06. The van der Waals surface area contributed by atoms with Gasteiger partial charge < -0.3 is 15.0 Å². The fourth-order valence-corrected chi connectivity index (χ4v) is 2.82. The van der Waals surface area contributed by atoms with Gasteiger partial charge in [-0.3, -0.25) is 9.59 Å². The monoisotopic (exact) mass is 338 g/mol. The van der Waals surface area contributed by atoms with Crippen LogP contribution in [-0.2, 0) is 11.3 Å². The fraction of sp³-hybridized carbons (Fsp3) is 0.300. The van der Waals surface area contributed by atoms with Gasteiger partial charge in [-0.1, -0.05) is 18.2 Å². The number of aryl methyl sites for hydroxylation is 1. The Hall–Kier alpha value is -2.82. The van der Waals surface area contributed by atoms with Crippen molar-refractivity contribution in [1.82, 2.24) is 5.32 Å². The zero-order valence-electron chi connectivity index (χ0n) is 14.7. The average molecular weight is 338 g/mol. The smallest absolute Gasteiger partial charge is 0.265 e. The summed E-state index contributed by atoms with van der Waals surface area (Å²) in [6, 6.07) is 13.2. The molecule has 1 N–H and O–H groups in total. The van der Waals surface area contributed by atoms with Crippen molar-refractivity contribution < 1.29 is 14.3 Å². The molecule has 0 radical (unpaired) electrons. The number of hydrogen-bond acceptors (Lipinski definition) is 3. The third-order valence-corrected chi connectivity index (χ3v) is 4.01. The van der Waals surface area contributed by atoms with Crippen LogP contribution in [0.1, 0.15) is 35.3 Å². The summed E-state index contributed by atoms with van der Waals surface area (Å²) in [7, 11) is 0. The van der Waals surface area contributed by atoms with Gasteiger partial charge in [0.2, 0.25) is 0 Å². The van der Waals surface area contributed by atoms with Crippen molar-refractivity contribution in [1.29, 1.82) is 0 Å². The molecule has 0 aromatic heterocycles. The van der Waals surface area contributed by atoms with Crippen molar-refractivity contribution >= 4 is 17.5 Å². The number of amides is 2. The minimum atomic E-state index is -0.110. The standard InChI is InChI=1S/C20H22N2O3/c1-13(2)21-20(24)16-6-4-5-15(10-16)11-22-17-9-14(3)7-8-18(17)25-12-19(22)23/h4-10,13H,11-12H2,1-3H3,(H,21,24). The first-order chi connectivity index (χ1) is 11.9. The van der Waals surface area contributed by atoms with E-state index in [2.05, 4.69) is 5.32 Å². The molecule has 0 aliphatic carbocycles. The minimum Gasteiger partial charge on any atom is -0.482 e. The first-order valence-electron chi connectivity index (χ1n) is 8.37. The fourth-order valence-electron chi connectivity index (χ4n) is 2.82. The maximum absolute atomic E-state index is 12.4. The van der Waals surface area contributed by atoms with Gasteiger partial charge in [0.1, 0.15) is 5.75 Å². The molecule has 2 aromatic rings. The van der Waals surface area contributed by atoms with Gasteiger partial charge in [-0.2, -0.15) is 0 Å². The number of anilines is 1. The van der Waals surface area contributed by atoms with Crippen molar-refractivity contribution in [3.8, 4) is 5.75 Å². The molecule has 130 valence electrons. The quantitative estimate of drug-likeness (QED) is 0.932. The minimum absolute atomic E-state index is 0.0313. The zero-order chi connectivity index (χ0) is 18.0. The maximum Gasteiger partial charge on any atom is 0.265 e. The molecule has 0 unspecified atom stereocenters. The molecule has 0 atom stereocenters. The first kappa shape index (κ1) is 17.0. The number of ether oxygens (including phenoxy) is 1. The summed E-state index contributed by atoms with van der Waals surface area (Å²) in [5, 5.41) is 2.88. The molecular formula is C20H22N2O3. The largest absolute Gasteiger partial charge is 0.482 e. The summed E-state index contributed by atoms with van der Waals surface area (Å²) in [6.07, 6.45) is 0. The second-order valence-corrected chi connectivity index (χ2v) is 6.57. The van der Waals surface area contributed by atoms with E-state index in [1.807, 2.05) is 57.2 Å². The topological polar surface area (TPSA) is 58.6 Å². The van der Waals surface area contributed by atoms with Gasteiger partial charge in [-0.05, 0) is 56.2 Å². The molecule has 0 saturated carbocycles. The highest BCUT2D eigenvalue weighted by Crippen LogP contribution is 2.33. The van der Waals surface area contributed by atoms with Crippen LogP contribution < -0.4 is 15.0 Å². The van der Waals surface area contributed by atoms with E-state index in [1.54, 1.807) is 11.0 Å². The highest BCUT2D eigenvalue weighted by atomic mass is 16.5. The van der Waals surface area contributed by atoms with Gasteiger partial charge in [0.15, 0.2) is 6.61 Å². The van der Waals surface area contributed by atoms with E-state index in [9.17, 15) is 9.59 Å². The lowest BCUT2D eigenvalue weighted by Crippen LogP contribution is -2.38. The molecule has 0 saturated heterocycles. The van der Waals surface area contributed by atoms with Crippen LogP contribution in [0.5, 0.6) is 5.75 Å². The number of rotatable bonds is 4. The molecule has 1 heterocycles. The second-order valence-electron chi connectivity index (χ2n) is 6.57. The van der Waals surface area contributed by atoms with Crippen LogP contribution in [0.4, 0.5) is 5.69 Å². The Morgan fingerprint density at radius 3 is 2.80 bits per heavy atom. The molecule has 25 heavy (non-hydrogen) atoms. The van der Waals surface area contributed by atoms with Gasteiger partial charge in [0, 0.05) is 11.6 Å². The van der Waals surface area contributed by atoms with Crippen LogP contribution >= 0.6 is 0 Å². The number of carbonyl (C=O) groups excluding carboxylic acids is 2. The Morgan fingerprint density at radius 2 is 2.04 bits per heavy atom. The maximum atomic E-state index is 12.4. The van der Waals surface area contributed by atoms with Crippen LogP contribution in [0.3, 0.4) is 0 Å². The summed E-state index contributed by atoms with van der Waals surface area (Å²) in [5.74, 6) is 0.510. The van der Waals surface area contributed by atoms with E-state index in [-0.39, 0.29) is 24.5 Å². The summed E-state index contributed by atoms with van der Waals surface area (Å²) in [6.45, 7) is 6.26. The van der Waals surface area contributed by atoms with E-state index >= 15 is 0 Å². The lowest BCUT2D eigenvalue weighted by molar-refractivity contribution is -0.121. The molecule has 0 spiro atoms. The Morgan fingerprint density at radius 1 is 1.24 bits per heavy atom. The highest BCUT2D eigenvalue weighted by molar-refractivity contribution is 5.98. The van der Waals surface area contributed by atoms with E-state index in [1.165, 1.54) is 0 Å². The average Bonchev–Trinajstić information content (AvgIpc) is 2.57. The third-order valence-electron chi connectivity index (χ3n) is 4.01. The number of nitrogens with one attached hydrogen (secondary N) is 1. The van der Waals surface area contributed by atoms with Gasteiger partial charge in [-0.15, -0.1) is 0 Å². The molecule has 5 heteroatoms. The highest BCUT2D eigenvalue weighted by Gasteiger charge is 2.25. The molecule has 0 bridgehead atoms. The molecular weight excluding hydrogens is 316 g/mol. The molecule has 2 aromatic carbocycles. The predicted molar refractivity (Wildman–Crippen MR) is 96.9 cm³/mol. The summed E-state index contributed by atoms with van der Waals surface area (Å²) < 4.78 is 5.51. The lowest BCUT2D eigenvalue weighted by Gasteiger charge is -2.30. The summed E-state index contributed by atoms with van der Waals surface area (Å²) in [4.78, 5) is 26.3. The van der Waals surface area contributed by atoms with Crippen molar-refractivity contribution in [3.63, 3.8) is 0 Å². The van der Waals surface area contributed by atoms with Crippen LogP contribution in [0.2, 0.25) is 0 Å². The van der Waals surface area contributed by atoms with E-state index in [0.717, 1.165) is 16.8 Å². The number of benzene rings is 2. The Kier molecular flexibility index (Phi) is 4.74. The third kappa shape index (κ3) is 3.82. The Balaban J connectivity index is 1.86. The van der Waals surface area contributed by atoms with E-state index < -0.39 is 0 Å². The molecule has 1 aliphatic rings. The molecule has 2 amide bonds. The molecule has 0 fully saturated rings. The van der Waals surface area contributed by atoms with Crippen LogP contribution in [0.15, 0.2) is 42.5 Å². The molecule has 3 rings (SSSR count). The van der Waals surface area contributed by atoms with E-state index in [0.29, 0.717) is 17.9 Å². The Labute approximate surface area is 147 Å². The van der Waals surface area contributed by atoms with E-state index in [4.69, 9.17) is 4.74 Å². The van der Waals surface area contributed by atoms with Crippen molar-refractivity contribution in [2.75, 3.05) is 11.5 Å². The molecule has 5 nitrogen and oxygen atoms in total. The summed E-state index contributed by atoms with van der Waals surface area (Å²) >= 11 is 0. The first-order valence-corrected chi connectivity index (χ1v) is 8.37. The number of nitrogens with zero attached hydrogens (tertiary/aromatic N) is 1. The molecule has 1 aliphatic heterocycles. The van der Waals surface area contributed by atoms with Gasteiger partial charge in [0.25, 0.3) is 11.8 Å². The van der Waals surface area contributed by atoms with Crippen molar-refractivity contribution in [3.05, 3.63) is 59.2 Å². The van der Waals surface area contributed by atoms with Crippen LogP contribution in [0.25, 0.3) is 0 Å².